The van der Waals surface area contributed by atoms with Crippen molar-refractivity contribution in [2.45, 2.75) is 31.1 Å². The zero-order valence-electron chi connectivity index (χ0n) is 18.0. The molecule has 32 heavy (non-hydrogen) atoms. The Morgan fingerprint density at radius 1 is 0.906 bits per heavy atom. The Labute approximate surface area is 195 Å². The second kappa shape index (κ2) is 11.2. The Kier molecular flexibility index (Phi) is 8.31. The summed E-state index contributed by atoms with van der Waals surface area (Å²) >= 11 is 6.18. The summed E-state index contributed by atoms with van der Waals surface area (Å²) in [6, 6.07) is 23.1. The number of hydrogen-bond acceptors (Lipinski definition) is 3. The summed E-state index contributed by atoms with van der Waals surface area (Å²) in [7, 11) is -3.91. The quantitative estimate of drug-likeness (QED) is 0.431. The molecular formula is C25H27ClN2O3S. The molecule has 0 spiro atoms. The molecule has 3 aromatic rings. The van der Waals surface area contributed by atoms with Crippen LogP contribution in [0.25, 0.3) is 0 Å². The van der Waals surface area contributed by atoms with Crippen molar-refractivity contribution in [2.24, 2.45) is 0 Å². The van der Waals surface area contributed by atoms with Gasteiger partial charge in [0.2, 0.25) is 5.91 Å². The molecule has 0 heterocycles. The maximum Gasteiger partial charge on any atom is 0.264 e. The minimum Gasteiger partial charge on any atom is -0.355 e. The summed E-state index contributed by atoms with van der Waals surface area (Å²) in [5.41, 5.74) is 2.40. The Balaban J connectivity index is 1.74. The fourth-order valence-electron chi connectivity index (χ4n) is 3.47. The van der Waals surface area contributed by atoms with E-state index in [2.05, 4.69) is 5.32 Å². The van der Waals surface area contributed by atoms with Gasteiger partial charge in [-0.3, -0.25) is 9.10 Å². The number of rotatable bonds is 10. The molecule has 0 unspecified atom stereocenters. The van der Waals surface area contributed by atoms with Gasteiger partial charge in [0, 0.05) is 11.6 Å². The van der Waals surface area contributed by atoms with Gasteiger partial charge in [0.15, 0.2) is 0 Å². The first-order valence-corrected chi connectivity index (χ1v) is 12.4. The van der Waals surface area contributed by atoms with Crippen LogP contribution in [0.2, 0.25) is 5.02 Å². The van der Waals surface area contributed by atoms with E-state index in [1.165, 1.54) is 4.31 Å². The van der Waals surface area contributed by atoms with Gasteiger partial charge < -0.3 is 5.32 Å². The van der Waals surface area contributed by atoms with Crippen molar-refractivity contribution in [3.05, 3.63) is 95.0 Å². The van der Waals surface area contributed by atoms with Crippen LogP contribution in [0.3, 0.4) is 0 Å². The molecule has 0 atom stereocenters. The number of carbonyl (C=O) groups is 1. The van der Waals surface area contributed by atoms with Crippen molar-refractivity contribution in [1.29, 1.82) is 0 Å². The number of amides is 1. The lowest BCUT2D eigenvalue weighted by molar-refractivity contribution is -0.119. The maximum absolute atomic E-state index is 13.4. The van der Waals surface area contributed by atoms with Crippen LogP contribution in [0.5, 0.6) is 0 Å². The molecule has 1 N–H and O–H groups in total. The first-order chi connectivity index (χ1) is 15.4. The van der Waals surface area contributed by atoms with Crippen LogP contribution in [0, 0.1) is 0 Å². The van der Waals surface area contributed by atoms with Crippen molar-refractivity contribution in [1.82, 2.24) is 5.32 Å². The van der Waals surface area contributed by atoms with E-state index in [0.29, 0.717) is 30.1 Å². The summed E-state index contributed by atoms with van der Waals surface area (Å²) in [6.07, 6.45) is 2.08. The number of para-hydroxylation sites is 1. The molecule has 0 radical (unpaired) electrons. The summed E-state index contributed by atoms with van der Waals surface area (Å²) in [4.78, 5) is 12.9. The molecule has 3 rings (SSSR count). The smallest absolute Gasteiger partial charge is 0.264 e. The van der Waals surface area contributed by atoms with Gasteiger partial charge in [-0.2, -0.15) is 0 Å². The molecule has 0 aliphatic heterocycles. The molecule has 0 aromatic heterocycles. The predicted octanol–water partition coefficient (Wildman–Crippen LogP) is 4.85. The van der Waals surface area contributed by atoms with Crippen molar-refractivity contribution < 1.29 is 13.2 Å². The number of aryl methyl sites for hydroxylation is 2. The Hall–Kier alpha value is -2.83. The van der Waals surface area contributed by atoms with E-state index in [-0.39, 0.29) is 17.3 Å². The second-order valence-electron chi connectivity index (χ2n) is 7.35. The number of anilines is 1. The highest BCUT2D eigenvalue weighted by Crippen LogP contribution is 2.27. The largest absolute Gasteiger partial charge is 0.355 e. The lowest BCUT2D eigenvalue weighted by atomic mass is 10.1. The fraction of sp³-hybridized carbons (Fsp3) is 0.240. The number of hydrogen-bond donors (Lipinski definition) is 1. The van der Waals surface area contributed by atoms with Gasteiger partial charge in [-0.1, -0.05) is 73.1 Å². The number of nitrogens with zero attached hydrogens (tertiary/aromatic N) is 1. The monoisotopic (exact) mass is 470 g/mol. The van der Waals surface area contributed by atoms with Crippen molar-refractivity contribution in [3.63, 3.8) is 0 Å². The van der Waals surface area contributed by atoms with Crippen LogP contribution in [0.1, 0.15) is 24.5 Å². The standard InChI is InChI=1S/C25H27ClN2O3S/c1-2-20-11-7-9-17-24(20)28(32(30,31)22-14-4-3-5-15-22)19-25(29)27-18-10-13-21-12-6-8-16-23(21)26/h3-9,11-12,14-17H,2,10,13,18-19H2,1H3,(H,27,29). The van der Waals surface area contributed by atoms with Crippen LogP contribution in [-0.4, -0.2) is 27.4 Å². The third-order valence-corrected chi connectivity index (χ3v) is 7.31. The number of halogens is 1. The zero-order valence-corrected chi connectivity index (χ0v) is 19.6. The number of benzene rings is 3. The minimum absolute atomic E-state index is 0.150. The van der Waals surface area contributed by atoms with Gasteiger partial charge in [0.05, 0.1) is 10.6 Å². The average Bonchev–Trinajstić information content (AvgIpc) is 2.82. The van der Waals surface area contributed by atoms with Crippen LogP contribution in [0.15, 0.2) is 83.8 Å². The van der Waals surface area contributed by atoms with Crippen LogP contribution >= 0.6 is 11.6 Å². The van der Waals surface area contributed by atoms with Crippen molar-refractivity contribution in [3.8, 4) is 0 Å². The highest BCUT2D eigenvalue weighted by molar-refractivity contribution is 7.92. The first kappa shape index (κ1) is 23.8. The Morgan fingerprint density at radius 3 is 2.22 bits per heavy atom. The van der Waals surface area contributed by atoms with Crippen LogP contribution in [0.4, 0.5) is 5.69 Å². The van der Waals surface area contributed by atoms with E-state index in [1.807, 2.05) is 43.3 Å². The van der Waals surface area contributed by atoms with E-state index in [9.17, 15) is 13.2 Å². The van der Waals surface area contributed by atoms with E-state index in [4.69, 9.17) is 11.6 Å². The molecule has 3 aromatic carbocycles. The number of sulfonamides is 1. The van der Waals surface area contributed by atoms with Crippen molar-refractivity contribution >= 4 is 33.2 Å². The Morgan fingerprint density at radius 2 is 1.53 bits per heavy atom. The highest BCUT2D eigenvalue weighted by atomic mass is 35.5. The molecule has 0 fully saturated rings. The van der Waals surface area contributed by atoms with Gasteiger partial charge in [0.25, 0.3) is 10.0 Å². The summed E-state index contributed by atoms with van der Waals surface area (Å²) in [6.45, 7) is 2.10. The second-order valence-corrected chi connectivity index (χ2v) is 9.62. The third-order valence-electron chi connectivity index (χ3n) is 5.16. The molecule has 0 bridgehead atoms. The van der Waals surface area contributed by atoms with Gasteiger partial charge in [-0.15, -0.1) is 0 Å². The molecule has 0 aliphatic carbocycles. The van der Waals surface area contributed by atoms with Gasteiger partial charge in [-0.05, 0) is 54.7 Å². The molecule has 0 aliphatic rings. The SMILES string of the molecule is CCc1ccccc1N(CC(=O)NCCCc1ccccc1Cl)S(=O)(=O)c1ccccc1. The van der Waals surface area contributed by atoms with E-state index in [0.717, 1.165) is 17.5 Å². The average molecular weight is 471 g/mol. The molecule has 7 heteroatoms. The third kappa shape index (κ3) is 5.90. The minimum atomic E-state index is -3.91. The Bertz CT molecular complexity index is 1150. The lowest BCUT2D eigenvalue weighted by Crippen LogP contribution is -2.41. The molecular weight excluding hydrogens is 444 g/mol. The van der Waals surface area contributed by atoms with Gasteiger partial charge >= 0.3 is 0 Å². The predicted molar refractivity (Wildman–Crippen MR) is 130 cm³/mol. The maximum atomic E-state index is 13.4. The topological polar surface area (TPSA) is 66.5 Å². The molecule has 168 valence electrons. The summed E-state index contributed by atoms with van der Waals surface area (Å²) < 4.78 is 28.0. The molecule has 0 saturated heterocycles. The summed E-state index contributed by atoms with van der Waals surface area (Å²) in [5.74, 6) is -0.352. The van der Waals surface area contributed by atoms with E-state index < -0.39 is 10.0 Å². The van der Waals surface area contributed by atoms with Crippen LogP contribution in [-0.2, 0) is 27.7 Å². The molecule has 1 amide bonds. The van der Waals surface area contributed by atoms with Gasteiger partial charge in [-0.25, -0.2) is 8.42 Å². The van der Waals surface area contributed by atoms with E-state index in [1.54, 1.807) is 42.5 Å². The summed E-state index contributed by atoms with van der Waals surface area (Å²) in [5, 5.41) is 3.55. The van der Waals surface area contributed by atoms with Crippen molar-refractivity contribution in [2.75, 3.05) is 17.4 Å². The van der Waals surface area contributed by atoms with E-state index >= 15 is 0 Å². The fourth-order valence-corrected chi connectivity index (χ4v) is 5.18. The lowest BCUT2D eigenvalue weighted by Gasteiger charge is -2.26. The highest BCUT2D eigenvalue weighted by Gasteiger charge is 2.28. The van der Waals surface area contributed by atoms with Crippen LogP contribution < -0.4 is 9.62 Å². The zero-order chi connectivity index (χ0) is 23.0. The van der Waals surface area contributed by atoms with Gasteiger partial charge in [0.1, 0.15) is 6.54 Å². The normalized spacial score (nSPS) is 11.2. The molecule has 0 saturated carbocycles. The number of carbonyl (C=O) groups excluding carboxylic acids is 1. The number of nitrogens with one attached hydrogen (secondary N) is 1. The molecule has 5 nitrogen and oxygen atoms in total. The first-order valence-electron chi connectivity index (χ1n) is 10.6.